The molecule has 0 amide bonds. The molecule has 156 valence electrons. The molecule has 0 N–H and O–H groups in total. The first-order valence-corrected chi connectivity index (χ1v) is 8.08. The molecule has 1 heterocycles. The van der Waals surface area contributed by atoms with Gasteiger partial charge in [0, 0.05) is 18.2 Å². The van der Waals surface area contributed by atoms with Gasteiger partial charge in [-0.25, -0.2) is 13.2 Å². The molecule has 0 aliphatic heterocycles. The minimum atomic E-state index is -5.03. The van der Waals surface area contributed by atoms with Crippen molar-refractivity contribution in [3.8, 4) is 17.6 Å². The summed E-state index contributed by atoms with van der Waals surface area (Å²) in [6.07, 6.45) is -7.87. The van der Waals surface area contributed by atoms with Crippen molar-refractivity contribution in [2.45, 2.75) is 19.2 Å². The summed E-state index contributed by atoms with van der Waals surface area (Å²) in [5.74, 6) is -3.50. The van der Waals surface area contributed by atoms with E-state index in [4.69, 9.17) is 0 Å². The molecule has 0 saturated carbocycles. The average Bonchev–Trinajstić information content (AvgIpc) is 2.59. The molecule has 30 heavy (non-hydrogen) atoms. The Bertz CT molecular complexity index is 1170. The molecule has 0 aliphatic carbocycles. The van der Waals surface area contributed by atoms with Crippen LogP contribution < -0.4 is 4.74 Å². The van der Waals surface area contributed by atoms with Gasteiger partial charge in [-0.05, 0) is 36.1 Å². The molecule has 3 rings (SSSR count). The first-order chi connectivity index (χ1) is 13.9. The van der Waals surface area contributed by atoms with Gasteiger partial charge in [-0.3, -0.25) is 4.98 Å². The minimum Gasteiger partial charge on any atom is -0.428 e. The standard InChI is InChI=1S/C20H9F8NO/c1-10-2-3-16(29-9-10)20(27,28)30-12-6-11-7-14(21)13(4-5-19(24,25)26)18(23)17(11)15(22)8-12/h2-3,6-9H,1H3. The maximum absolute atomic E-state index is 14.4. The summed E-state index contributed by atoms with van der Waals surface area (Å²) < 4.78 is 112. The summed E-state index contributed by atoms with van der Waals surface area (Å²) in [5, 5.41) is -1.47. The molecule has 1 aromatic heterocycles. The molecule has 0 radical (unpaired) electrons. The number of hydrogen-bond donors (Lipinski definition) is 0. The lowest BCUT2D eigenvalue weighted by Crippen LogP contribution is -2.23. The molecule has 0 atom stereocenters. The van der Waals surface area contributed by atoms with Crippen LogP contribution in [0.1, 0.15) is 16.8 Å². The zero-order chi connectivity index (χ0) is 22.3. The average molecular weight is 431 g/mol. The fourth-order valence-electron chi connectivity index (χ4n) is 2.53. The second-order valence-corrected chi connectivity index (χ2v) is 6.14. The summed E-state index contributed by atoms with van der Waals surface area (Å²) in [6.45, 7) is 1.62. The van der Waals surface area contributed by atoms with Crippen molar-refractivity contribution < 1.29 is 39.9 Å². The highest BCUT2D eigenvalue weighted by molar-refractivity contribution is 5.87. The van der Waals surface area contributed by atoms with Gasteiger partial charge in [-0.2, -0.15) is 22.0 Å². The van der Waals surface area contributed by atoms with Crippen molar-refractivity contribution >= 4 is 10.8 Å². The highest BCUT2D eigenvalue weighted by atomic mass is 19.4. The van der Waals surface area contributed by atoms with E-state index in [2.05, 4.69) is 9.72 Å². The summed E-state index contributed by atoms with van der Waals surface area (Å²) >= 11 is 0. The predicted molar refractivity (Wildman–Crippen MR) is 90.3 cm³/mol. The first kappa shape index (κ1) is 21.4. The molecule has 3 aromatic rings. The van der Waals surface area contributed by atoms with Crippen LogP contribution in [0.25, 0.3) is 10.8 Å². The van der Waals surface area contributed by atoms with Gasteiger partial charge >= 0.3 is 12.3 Å². The van der Waals surface area contributed by atoms with E-state index in [-0.39, 0.29) is 0 Å². The number of pyridine rings is 1. The van der Waals surface area contributed by atoms with Gasteiger partial charge in [-0.15, -0.1) is 0 Å². The molecule has 0 unspecified atom stereocenters. The molecule has 0 saturated heterocycles. The van der Waals surface area contributed by atoms with E-state index in [1.807, 2.05) is 0 Å². The Kier molecular flexibility index (Phi) is 5.33. The quantitative estimate of drug-likeness (QED) is 0.375. The predicted octanol–water partition coefficient (Wildman–Crippen LogP) is 6.00. The summed E-state index contributed by atoms with van der Waals surface area (Å²) in [7, 11) is 0. The number of alkyl halides is 5. The van der Waals surface area contributed by atoms with E-state index < -0.39 is 57.5 Å². The van der Waals surface area contributed by atoms with Crippen LogP contribution in [0.15, 0.2) is 36.5 Å². The third kappa shape index (κ3) is 4.45. The number of fused-ring (bicyclic) bond motifs is 1. The zero-order valence-electron chi connectivity index (χ0n) is 14.8. The summed E-state index contributed by atoms with van der Waals surface area (Å²) in [5.41, 5.74) is -1.49. The van der Waals surface area contributed by atoms with E-state index in [0.29, 0.717) is 29.7 Å². The zero-order valence-corrected chi connectivity index (χ0v) is 14.8. The molecule has 0 bridgehead atoms. The summed E-state index contributed by atoms with van der Waals surface area (Å²) in [6, 6.07) is 3.91. The van der Waals surface area contributed by atoms with E-state index in [1.54, 1.807) is 6.92 Å². The number of aromatic nitrogens is 1. The number of aryl methyl sites for hydroxylation is 1. The Hall–Kier alpha value is -3.35. The topological polar surface area (TPSA) is 22.1 Å². The van der Waals surface area contributed by atoms with Crippen molar-refractivity contribution in [2.24, 2.45) is 0 Å². The smallest absolute Gasteiger partial charge is 0.428 e. The lowest BCUT2D eigenvalue weighted by molar-refractivity contribution is -0.188. The van der Waals surface area contributed by atoms with Gasteiger partial charge in [0.05, 0.1) is 10.9 Å². The van der Waals surface area contributed by atoms with E-state index in [0.717, 1.165) is 12.3 Å². The fourth-order valence-corrected chi connectivity index (χ4v) is 2.53. The monoisotopic (exact) mass is 431 g/mol. The van der Waals surface area contributed by atoms with Crippen LogP contribution in [0.3, 0.4) is 0 Å². The number of rotatable bonds is 3. The van der Waals surface area contributed by atoms with Gasteiger partial charge in [-0.1, -0.05) is 12.0 Å². The molecular weight excluding hydrogens is 422 g/mol. The molecular formula is C20H9F8NO. The second kappa shape index (κ2) is 7.48. The first-order valence-electron chi connectivity index (χ1n) is 8.08. The number of benzene rings is 2. The van der Waals surface area contributed by atoms with Gasteiger partial charge in [0.1, 0.15) is 17.4 Å². The Morgan fingerprint density at radius 2 is 1.63 bits per heavy atom. The number of halogens is 8. The van der Waals surface area contributed by atoms with Crippen molar-refractivity contribution in [1.29, 1.82) is 0 Å². The molecule has 10 heteroatoms. The van der Waals surface area contributed by atoms with E-state index in [9.17, 15) is 35.1 Å². The number of nitrogens with zero attached hydrogens (tertiary/aromatic N) is 1. The van der Waals surface area contributed by atoms with Crippen LogP contribution in [0.4, 0.5) is 35.1 Å². The Balaban J connectivity index is 2.05. The van der Waals surface area contributed by atoms with Crippen LogP contribution in [0, 0.1) is 36.2 Å². The van der Waals surface area contributed by atoms with Crippen LogP contribution in [0.5, 0.6) is 5.75 Å². The van der Waals surface area contributed by atoms with Crippen molar-refractivity contribution in [3.05, 3.63) is 70.8 Å². The largest absolute Gasteiger partial charge is 0.458 e. The Morgan fingerprint density at radius 1 is 0.933 bits per heavy atom. The molecule has 2 aromatic carbocycles. The van der Waals surface area contributed by atoms with E-state index in [1.165, 1.54) is 12.0 Å². The number of hydrogen-bond acceptors (Lipinski definition) is 2. The molecule has 0 spiro atoms. The van der Waals surface area contributed by atoms with Crippen molar-refractivity contribution in [2.75, 3.05) is 0 Å². The lowest BCUT2D eigenvalue weighted by atomic mass is 10.0. The van der Waals surface area contributed by atoms with Crippen LogP contribution >= 0.6 is 0 Å². The maximum Gasteiger partial charge on any atom is 0.458 e. The molecule has 2 nitrogen and oxygen atoms in total. The highest BCUT2D eigenvalue weighted by Crippen LogP contribution is 2.35. The fraction of sp³-hybridized carbons (Fsp3) is 0.150. The summed E-state index contributed by atoms with van der Waals surface area (Å²) in [4.78, 5) is 3.52. The van der Waals surface area contributed by atoms with Crippen LogP contribution in [0.2, 0.25) is 0 Å². The van der Waals surface area contributed by atoms with E-state index >= 15 is 0 Å². The molecule has 0 fully saturated rings. The SMILES string of the molecule is Cc1ccc(C(F)(F)Oc2cc(F)c3c(F)c(C#CC(F)(F)F)c(F)cc3c2)nc1. The third-order valence-electron chi connectivity index (χ3n) is 3.84. The lowest BCUT2D eigenvalue weighted by Gasteiger charge is -2.18. The molecule has 0 aliphatic rings. The maximum atomic E-state index is 14.4. The normalized spacial score (nSPS) is 11.9. The van der Waals surface area contributed by atoms with Crippen LogP contribution in [-0.4, -0.2) is 11.2 Å². The minimum absolute atomic E-state index is 0.395. The van der Waals surface area contributed by atoms with Gasteiger partial charge in [0.15, 0.2) is 11.5 Å². The Morgan fingerprint density at radius 3 is 2.23 bits per heavy atom. The third-order valence-corrected chi connectivity index (χ3v) is 3.84. The van der Waals surface area contributed by atoms with Gasteiger partial charge < -0.3 is 4.74 Å². The van der Waals surface area contributed by atoms with Crippen molar-refractivity contribution in [3.63, 3.8) is 0 Å². The Labute approximate surface area is 164 Å². The number of ether oxygens (including phenoxy) is 1. The van der Waals surface area contributed by atoms with Crippen LogP contribution in [-0.2, 0) is 6.11 Å². The van der Waals surface area contributed by atoms with Gasteiger partial charge in [0.25, 0.3) is 0 Å². The highest BCUT2D eigenvalue weighted by Gasteiger charge is 2.36. The van der Waals surface area contributed by atoms with Crippen molar-refractivity contribution in [1.82, 2.24) is 4.98 Å². The van der Waals surface area contributed by atoms with Gasteiger partial charge in [0.2, 0.25) is 0 Å². The second-order valence-electron chi connectivity index (χ2n) is 6.14.